The van der Waals surface area contributed by atoms with Crippen molar-refractivity contribution in [2.45, 2.75) is 25.8 Å². The van der Waals surface area contributed by atoms with Crippen molar-refractivity contribution >= 4 is 27.9 Å². The summed E-state index contributed by atoms with van der Waals surface area (Å²) >= 11 is 3.41. The van der Waals surface area contributed by atoms with Gasteiger partial charge in [0.05, 0.1) is 5.57 Å². The highest BCUT2D eigenvalue weighted by Gasteiger charge is 2.18. The highest BCUT2D eigenvalue weighted by atomic mass is 79.9. The van der Waals surface area contributed by atoms with Crippen LogP contribution in [0.5, 0.6) is 5.75 Å². The van der Waals surface area contributed by atoms with Gasteiger partial charge in [0.25, 0.3) is 5.91 Å². The molecule has 2 rings (SSSR count). The van der Waals surface area contributed by atoms with E-state index in [9.17, 15) is 4.79 Å². The van der Waals surface area contributed by atoms with Crippen molar-refractivity contribution < 1.29 is 14.6 Å². The lowest BCUT2D eigenvalue weighted by Crippen LogP contribution is -2.35. The van der Waals surface area contributed by atoms with Gasteiger partial charge in [0.2, 0.25) is 0 Å². The molecule has 1 aromatic carbocycles. The van der Waals surface area contributed by atoms with Gasteiger partial charge < -0.3 is 15.2 Å². The molecule has 5 heteroatoms. The number of ether oxygens (including phenoxy) is 1. The molecule has 0 saturated carbocycles. The maximum atomic E-state index is 12.1. The van der Waals surface area contributed by atoms with Crippen LogP contribution in [0.1, 0.15) is 25.3 Å². The Morgan fingerprint density at radius 2 is 2.35 bits per heavy atom. The van der Waals surface area contributed by atoms with E-state index in [2.05, 4.69) is 21.2 Å². The lowest BCUT2D eigenvalue weighted by atomic mass is 10.1. The first kappa shape index (κ1) is 15.1. The number of amides is 1. The smallest absolute Gasteiger partial charge is 0.250 e. The molecule has 0 aromatic heterocycles. The average molecular weight is 340 g/mol. The summed E-state index contributed by atoms with van der Waals surface area (Å²) in [5, 5.41) is 11.7. The van der Waals surface area contributed by atoms with Crippen LogP contribution >= 0.6 is 15.9 Å². The molecule has 0 fully saturated rings. The molecule has 1 aliphatic heterocycles. The van der Waals surface area contributed by atoms with Gasteiger partial charge in [-0.15, -0.1) is 0 Å². The van der Waals surface area contributed by atoms with E-state index in [1.165, 1.54) is 0 Å². The Morgan fingerprint density at radius 3 is 3.10 bits per heavy atom. The molecule has 1 atom stereocenters. The molecule has 1 unspecified atom stereocenters. The van der Waals surface area contributed by atoms with Crippen LogP contribution in [0.25, 0.3) is 6.08 Å². The third kappa shape index (κ3) is 3.84. The first-order chi connectivity index (χ1) is 9.60. The second-order valence-corrected chi connectivity index (χ2v) is 5.80. The molecule has 4 nitrogen and oxygen atoms in total. The second-order valence-electron chi connectivity index (χ2n) is 4.88. The molecule has 0 spiro atoms. The van der Waals surface area contributed by atoms with Crippen molar-refractivity contribution in [1.82, 2.24) is 5.32 Å². The fraction of sp³-hybridized carbons (Fsp3) is 0.400. The molecule has 1 aliphatic rings. The summed E-state index contributed by atoms with van der Waals surface area (Å²) in [5.74, 6) is 0.680. The molecular formula is C15H18BrNO3. The number of hydrogen-bond donors (Lipinski definition) is 2. The standard InChI is InChI=1S/C15H18BrNO3/c1-10(3-2-6-18)17-15(19)12-7-11-8-13(16)4-5-14(11)20-9-12/h4-5,7-8,10,18H,2-3,6,9H2,1H3,(H,17,19). The van der Waals surface area contributed by atoms with E-state index < -0.39 is 0 Å². The van der Waals surface area contributed by atoms with Crippen molar-refractivity contribution in [1.29, 1.82) is 0 Å². The predicted octanol–water partition coefficient (Wildman–Crippen LogP) is 2.50. The van der Waals surface area contributed by atoms with Crippen molar-refractivity contribution in [3.05, 3.63) is 33.8 Å². The largest absolute Gasteiger partial charge is 0.488 e. The Labute approximate surface area is 127 Å². The van der Waals surface area contributed by atoms with Crippen LogP contribution in [-0.2, 0) is 4.79 Å². The van der Waals surface area contributed by atoms with Gasteiger partial charge in [0.15, 0.2) is 0 Å². The molecule has 1 aromatic rings. The average Bonchev–Trinajstić information content (AvgIpc) is 2.44. The number of nitrogens with one attached hydrogen (secondary N) is 1. The van der Waals surface area contributed by atoms with Gasteiger partial charge in [-0.2, -0.15) is 0 Å². The van der Waals surface area contributed by atoms with E-state index in [-0.39, 0.29) is 25.2 Å². The van der Waals surface area contributed by atoms with Gasteiger partial charge in [-0.05, 0) is 44.0 Å². The fourth-order valence-corrected chi connectivity index (χ4v) is 2.44. The van der Waals surface area contributed by atoms with Crippen LogP contribution in [0.3, 0.4) is 0 Å². The van der Waals surface area contributed by atoms with E-state index in [1.807, 2.05) is 31.2 Å². The van der Waals surface area contributed by atoms with Crippen molar-refractivity contribution in [2.75, 3.05) is 13.2 Å². The number of carbonyl (C=O) groups excluding carboxylic acids is 1. The number of fused-ring (bicyclic) bond motifs is 1. The van der Waals surface area contributed by atoms with Gasteiger partial charge in [-0.1, -0.05) is 15.9 Å². The van der Waals surface area contributed by atoms with Gasteiger partial charge >= 0.3 is 0 Å². The Bertz CT molecular complexity index is 528. The first-order valence-electron chi connectivity index (χ1n) is 6.65. The summed E-state index contributed by atoms with van der Waals surface area (Å²) in [6, 6.07) is 5.76. The Kier molecular flexibility index (Phi) is 5.20. The number of aliphatic hydroxyl groups excluding tert-OH is 1. The summed E-state index contributed by atoms with van der Waals surface area (Å²) in [5.41, 5.74) is 1.52. The quantitative estimate of drug-likeness (QED) is 0.866. The molecule has 0 aliphatic carbocycles. The van der Waals surface area contributed by atoms with E-state index in [0.717, 1.165) is 22.2 Å². The SMILES string of the molecule is CC(CCCO)NC(=O)C1=Cc2cc(Br)ccc2OC1. The first-order valence-corrected chi connectivity index (χ1v) is 7.44. The number of hydrogen-bond acceptors (Lipinski definition) is 3. The van der Waals surface area contributed by atoms with Crippen LogP contribution in [0.2, 0.25) is 0 Å². The fourth-order valence-electron chi connectivity index (χ4n) is 2.07. The number of benzene rings is 1. The zero-order chi connectivity index (χ0) is 14.5. The maximum absolute atomic E-state index is 12.1. The number of aliphatic hydroxyl groups is 1. The lowest BCUT2D eigenvalue weighted by molar-refractivity contribution is -0.118. The van der Waals surface area contributed by atoms with Crippen molar-refractivity contribution in [3.8, 4) is 5.75 Å². The minimum atomic E-state index is -0.110. The highest BCUT2D eigenvalue weighted by Crippen LogP contribution is 2.29. The lowest BCUT2D eigenvalue weighted by Gasteiger charge is -2.20. The molecule has 20 heavy (non-hydrogen) atoms. The summed E-state index contributed by atoms with van der Waals surface area (Å²) in [6.07, 6.45) is 3.31. The molecule has 2 N–H and O–H groups in total. The summed E-state index contributed by atoms with van der Waals surface area (Å²) in [4.78, 5) is 12.1. The Balaban J connectivity index is 2.04. The number of rotatable bonds is 5. The topological polar surface area (TPSA) is 58.6 Å². The minimum Gasteiger partial charge on any atom is -0.488 e. The van der Waals surface area contributed by atoms with Crippen LogP contribution in [0.15, 0.2) is 28.2 Å². The second kappa shape index (κ2) is 6.90. The zero-order valence-corrected chi connectivity index (χ0v) is 12.9. The van der Waals surface area contributed by atoms with Crippen LogP contribution in [0.4, 0.5) is 0 Å². The van der Waals surface area contributed by atoms with Crippen molar-refractivity contribution in [2.24, 2.45) is 0 Å². The van der Waals surface area contributed by atoms with E-state index in [0.29, 0.717) is 12.0 Å². The number of carbonyl (C=O) groups is 1. The molecule has 1 heterocycles. The van der Waals surface area contributed by atoms with Gasteiger partial charge in [0.1, 0.15) is 12.4 Å². The predicted molar refractivity (Wildman–Crippen MR) is 81.5 cm³/mol. The van der Waals surface area contributed by atoms with Gasteiger partial charge in [0, 0.05) is 22.7 Å². The molecule has 0 radical (unpaired) electrons. The van der Waals surface area contributed by atoms with Crippen LogP contribution in [0, 0.1) is 0 Å². The van der Waals surface area contributed by atoms with Crippen LogP contribution in [-0.4, -0.2) is 30.3 Å². The van der Waals surface area contributed by atoms with Crippen molar-refractivity contribution in [3.63, 3.8) is 0 Å². The summed E-state index contributed by atoms with van der Waals surface area (Å²) in [7, 11) is 0. The summed E-state index contributed by atoms with van der Waals surface area (Å²) in [6.45, 7) is 2.36. The van der Waals surface area contributed by atoms with Crippen LogP contribution < -0.4 is 10.1 Å². The zero-order valence-electron chi connectivity index (χ0n) is 11.4. The monoisotopic (exact) mass is 339 g/mol. The number of halogens is 1. The Morgan fingerprint density at radius 1 is 1.55 bits per heavy atom. The minimum absolute atomic E-state index is 0.0412. The van der Waals surface area contributed by atoms with E-state index >= 15 is 0 Å². The molecule has 0 bridgehead atoms. The van der Waals surface area contributed by atoms with Gasteiger partial charge in [-0.3, -0.25) is 4.79 Å². The molecule has 108 valence electrons. The van der Waals surface area contributed by atoms with E-state index in [1.54, 1.807) is 0 Å². The molecule has 0 saturated heterocycles. The molecular weight excluding hydrogens is 322 g/mol. The molecule has 1 amide bonds. The summed E-state index contributed by atoms with van der Waals surface area (Å²) < 4.78 is 6.54. The van der Waals surface area contributed by atoms with Gasteiger partial charge in [-0.25, -0.2) is 0 Å². The third-order valence-electron chi connectivity index (χ3n) is 3.15. The normalized spacial score (nSPS) is 14.8. The highest BCUT2D eigenvalue weighted by molar-refractivity contribution is 9.10. The Hall–Kier alpha value is -1.33. The van der Waals surface area contributed by atoms with E-state index in [4.69, 9.17) is 9.84 Å². The third-order valence-corrected chi connectivity index (χ3v) is 3.64. The maximum Gasteiger partial charge on any atom is 0.250 e.